The molecule has 0 bridgehead atoms. The summed E-state index contributed by atoms with van der Waals surface area (Å²) in [5.41, 5.74) is 1.62. The third-order valence-corrected chi connectivity index (χ3v) is 5.84. The van der Waals surface area contributed by atoms with Gasteiger partial charge in [-0.2, -0.15) is 0 Å². The summed E-state index contributed by atoms with van der Waals surface area (Å²) >= 11 is 0. The van der Waals surface area contributed by atoms with Crippen molar-refractivity contribution in [3.8, 4) is 0 Å². The number of fused-ring (bicyclic) bond motifs is 1. The summed E-state index contributed by atoms with van der Waals surface area (Å²) in [4.78, 5) is 42.1. The van der Waals surface area contributed by atoms with Gasteiger partial charge in [-0.1, -0.05) is 42.5 Å². The van der Waals surface area contributed by atoms with Gasteiger partial charge in [0.25, 0.3) is 11.5 Å². The van der Waals surface area contributed by atoms with E-state index in [4.69, 9.17) is 0 Å². The van der Waals surface area contributed by atoms with Crippen LogP contribution in [0.2, 0.25) is 0 Å². The zero-order chi connectivity index (χ0) is 22.0. The van der Waals surface area contributed by atoms with Crippen molar-refractivity contribution in [1.82, 2.24) is 30.0 Å². The summed E-state index contributed by atoms with van der Waals surface area (Å²) in [5.74, 6) is -0.206. The first-order valence-electron chi connectivity index (χ1n) is 10.5. The first-order chi connectivity index (χ1) is 14.9. The number of aromatic nitrogens is 4. The summed E-state index contributed by atoms with van der Waals surface area (Å²) in [6.07, 6.45) is 2.77. The quantitative estimate of drug-likeness (QED) is 0.647. The highest BCUT2D eigenvalue weighted by atomic mass is 16.2. The molecule has 2 aromatic heterocycles. The normalized spacial score (nSPS) is 15.7. The van der Waals surface area contributed by atoms with E-state index in [1.54, 1.807) is 18.0 Å². The second-order valence-electron chi connectivity index (χ2n) is 8.12. The molecule has 0 spiro atoms. The molecule has 1 aliphatic rings. The van der Waals surface area contributed by atoms with Gasteiger partial charge >= 0.3 is 0 Å². The van der Waals surface area contributed by atoms with Crippen LogP contribution in [-0.4, -0.2) is 56.2 Å². The maximum atomic E-state index is 12.9. The molecule has 1 atom stereocenters. The lowest BCUT2D eigenvalue weighted by Crippen LogP contribution is -2.43. The lowest BCUT2D eigenvalue weighted by atomic mass is 9.95. The van der Waals surface area contributed by atoms with Gasteiger partial charge in [0.2, 0.25) is 5.91 Å². The molecule has 4 rings (SSSR count). The number of nitrogens with zero attached hydrogens (tertiary/aromatic N) is 4. The molecule has 2 N–H and O–H groups in total. The van der Waals surface area contributed by atoms with E-state index >= 15 is 0 Å². The van der Waals surface area contributed by atoms with Crippen LogP contribution in [0.5, 0.6) is 0 Å². The molecular weight excluding hydrogens is 396 g/mol. The van der Waals surface area contributed by atoms with Crippen LogP contribution in [0, 0.1) is 12.8 Å². The van der Waals surface area contributed by atoms with Crippen LogP contribution in [0.15, 0.2) is 41.3 Å². The smallest absolute Gasteiger partial charge is 0.276 e. The zero-order valence-electron chi connectivity index (χ0n) is 17.7. The molecule has 1 aliphatic heterocycles. The van der Waals surface area contributed by atoms with Crippen molar-refractivity contribution in [3.63, 3.8) is 0 Å². The topological polar surface area (TPSA) is 112 Å². The Kier molecular flexibility index (Phi) is 5.83. The number of nitrogens with one attached hydrogen (secondary N) is 2. The van der Waals surface area contributed by atoms with E-state index in [0.29, 0.717) is 38.2 Å². The molecule has 1 aromatic carbocycles. The summed E-state index contributed by atoms with van der Waals surface area (Å²) in [7, 11) is 0. The molecule has 9 nitrogen and oxygen atoms in total. The minimum absolute atomic E-state index is 0.0240. The van der Waals surface area contributed by atoms with Crippen LogP contribution in [0.1, 0.15) is 47.4 Å². The zero-order valence-corrected chi connectivity index (χ0v) is 17.7. The van der Waals surface area contributed by atoms with Crippen molar-refractivity contribution in [2.75, 3.05) is 19.6 Å². The van der Waals surface area contributed by atoms with E-state index < -0.39 is 5.56 Å². The fraction of sp³-hybridized carbons (Fsp3) is 0.409. The summed E-state index contributed by atoms with van der Waals surface area (Å²) < 4.78 is 1.33. The second-order valence-corrected chi connectivity index (χ2v) is 8.12. The number of aromatic amines is 1. The molecule has 9 heteroatoms. The Morgan fingerprint density at radius 2 is 1.94 bits per heavy atom. The molecule has 1 saturated heterocycles. The Morgan fingerprint density at radius 1 is 1.23 bits per heavy atom. The predicted octanol–water partition coefficient (Wildman–Crippen LogP) is 1.50. The number of benzene rings is 1. The van der Waals surface area contributed by atoms with Gasteiger partial charge in [-0.3, -0.25) is 14.4 Å². The molecule has 1 fully saturated rings. The number of rotatable bonds is 5. The molecule has 2 amide bonds. The highest BCUT2D eigenvalue weighted by Crippen LogP contribution is 2.20. The molecular formula is C22H26N6O3. The second kappa shape index (κ2) is 8.71. The van der Waals surface area contributed by atoms with E-state index in [-0.39, 0.29) is 34.9 Å². The molecule has 3 heterocycles. The van der Waals surface area contributed by atoms with Gasteiger partial charge in [-0.05, 0) is 31.2 Å². The summed E-state index contributed by atoms with van der Waals surface area (Å²) in [6.45, 7) is 5.28. The monoisotopic (exact) mass is 422 g/mol. The molecule has 0 radical (unpaired) electrons. The largest absolute Gasteiger partial charge is 0.355 e. The van der Waals surface area contributed by atoms with Crippen molar-refractivity contribution in [1.29, 1.82) is 0 Å². The Labute approximate surface area is 179 Å². The number of aryl methyl sites for hydroxylation is 1. The van der Waals surface area contributed by atoms with E-state index in [1.165, 1.54) is 10.1 Å². The Balaban J connectivity index is 1.34. The van der Waals surface area contributed by atoms with Crippen molar-refractivity contribution in [2.24, 2.45) is 5.92 Å². The molecule has 3 aromatic rings. The average Bonchev–Trinajstić information content (AvgIpc) is 3.21. The number of piperidine rings is 1. The first kappa shape index (κ1) is 20.8. The molecule has 0 saturated carbocycles. The van der Waals surface area contributed by atoms with E-state index in [2.05, 4.69) is 39.7 Å². The number of likely N-dealkylation sites (tertiary alicyclic amines) is 1. The van der Waals surface area contributed by atoms with Gasteiger partial charge in [-0.15, -0.1) is 5.10 Å². The van der Waals surface area contributed by atoms with Crippen LogP contribution >= 0.6 is 0 Å². The maximum absolute atomic E-state index is 12.9. The first-order valence-corrected chi connectivity index (χ1v) is 10.5. The van der Waals surface area contributed by atoms with Gasteiger partial charge in [0.1, 0.15) is 0 Å². The fourth-order valence-electron chi connectivity index (χ4n) is 3.99. The van der Waals surface area contributed by atoms with Gasteiger partial charge in [0.15, 0.2) is 11.2 Å². The Bertz CT molecular complexity index is 1150. The molecule has 0 unspecified atom stereocenters. The third-order valence-electron chi connectivity index (χ3n) is 5.84. The van der Waals surface area contributed by atoms with Crippen LogP contribution in [0.4, 0.5) is 0 Å². The van der Waals surface area contributed by atoms with Crippen LogP contribution in [-0.2, 0) is 4.79 Å². The van der Waals surface area contributed by atoms with Crippen molar-refractivity contribution >= 4 is 17.3 Å². The predicted molar refractivity (Wildman–Crippen MR) is 115 cm³/mol. The van der Waals surface area contributed by atoms with E-state index in [9.17, 15) is 14.4 Å². The van der Waals surface area contributed by atoms with E-state index in [0.717, 1.165) is 0 Å². The van der Waals surface area contributed by atoms with Crippen LogP contribution in [0.25, 0.3) is 5.52 Å². The van der Waals surface area contributed by atoms with Gasteiger partial charge < -0.3 is 15.2 Å². The Morgan fingerprint density at radius 3 is 2.65 bits per heavy atom. The minimum atomic E-state index is -0.393. The highest BCUT2D eigenvalue weighted by Gasteiger charge is 2.30. The maximum Gasteiger partial charge on any atom is 0.276 e. The molecule has 162 valence electrons. The van der Waals surface area contributed by atoms with Crippen molar-refractivity contribution < 1.29 is 9.59 Å². The number of carbonyl (C=O) groups is 2. The number of hydrogen-bond donors (Lipinski definition) is 2. The van der Waals surface area contributed by atoms with Crippen molar-refractivity contribution in [2.45, 2.75) is 32.6 Å². The van der Waals surface area contributed by atoms with Gasteiger partial charge in [-0.25, -0.2) is 4.52 Å². The number of carbonyl (C=O) groups excluding carboxylic acids is 2. The number of amides is 2. The summed E-state index contributed by atoms with van der Waals surface area (Å²) in [6, 6.07) is 10.1. The fourth-order valence-corrected chi connectivity index (χ4v) is 3.99. The molecule has 0 aliphatic carbocycles. The molecule has 31 heavy (non-hydrogen) atoms. The lowest BCUT2D eigenvalue weighted by molar-refractivity contribution is -0.126. The number of hydrogen-bond acceptors (Lipinski definition) is 5. The average molecular weight is 422 g/mol. The van der Waals surface area contributed by atoms with E-state index in [1.807, 2.05) is 18.2 Å². The van der Waals surface area contributed by atoms with Crippen LogP contribution in [0.3, 0.4) is 0 Å². The lowest BCUT2D eigenvalue weighted by Gasteiger charge is -2.31. The van der Waals surface area contributed by atoms with Gasteiger partial charge in [0.05, 0.1) is 6.20 Å². The number of H-pyrrole nitrogens is 1. The highest BCUT2D eigenvalue weighted by molar-refractivity contribution is 5.98. The van der Waals surface area contributed by atoms with Crippen molar-refractivity contribution in [3.05, 3.63) is 63.8 Å². The third kappa shape index (κ3) is 4.35. The Hall–Kier alpha value is -3.49. The van der Waals surface area contributed by atoms with Crippen LogP contribution < -0.4 is 10.9 Å². The van der Waals surface area contributed by atoms with Gasteiger partial charge in [0, 0.05) is 31.2 Å². The minimum Gasteiger partial charge on any atom is -0.355 e. The standard InChI is InChI=1S/C22H26N6O3/c1-14(16-6-4-3-5-7-16)12-23-20(29)17-8-10-27(11-9-17)22(31)18-19-21(30)24-15(2)13-28(19)26-25-18/h3-7,13-14,17H,8-12H2,1-2H3,(H,23,29)(H,24,30)/t14-/m1/s1. The summed E-state index contributed by atoms with van der Waals surface area (Å²) in [5, 5.41) is 10.9. The SMILES string of the molecule is Cc1cn2nnc(C(=O)N3CCC(C(=O)NC[C@@H](C)c4ccccc4)CC3)c2c(=O)[nH]1.